The molecule has 0 radical (unpaired) electrons. The summed E-state index contributed by atoms with van der Waals surface area (Å²) in [6.07, 6.45) is 0.372. The summed E-state index contributed by atoms with van der Waals surface area (Å²) in [5.74, 6) is 2.05. The van der Waals surface area contributed by atoms with E-state index in [4.69, 9.17) is 20.9 Å². The van der Waals surface area contributed by atoms with Crippen LogP contribution in [0.3, 0.4) is 0 Å². The number of halogens is 1. The third kappa shape index (κ3) is 4.02. The van der Waals surface area contributed by atoms with E-state index >= 15 is 0 Å². The third-order valence-electron chi connectivity index (χ3n) is 4.70. The summed E-state index contributed by atoms with van der Waals surface area (Å²) in [5, 5.41) is 4.66. The molecule has 1 amide bonds. The van der Waals surface area contributed by atoms with Crippen molar-refractivity contribution < 1.29 is 14.1 Å². The second-order valence-electron chi connectivity index (χ2n) is 6.72. The van der Waals surface area contributed by atoms with Gasteiger partial charge < -0.3 is 14.2 Å². The van der Waals surface area contributed by atoms with E-state index < -0.39 is 0 Å². The fourth-order valence-electron chi connectivity index (χ4n) is 3.14. The molecule has 1 aliphatic heterocycles. The SMILES string of the molecule is CCOc1ccc(CC(=O)N2CC(c3nc(-c4cccc(Cl)c4)no3)C2)cc1. The maximum absolute atomic E-state index is 12.5. The molecular weight excluding hydrogens is 378 g/mol. The second kappa shape index (κ2) is 8.02. The van der Waals surface area contributed by atoms with Gasteiger partial charge in [0.2, 0.25) is 17.6 Å². The summed E-state index contributed by atoms with van der Waals surface area (Å²) >= 11 is 6.01. The number of amides is 1. The highest BCUT2D eigenvalue weighted by molar-refractivity contribution is 6.30. The molecule has 144 valence electrons. The Morgan fingerprint density at radius 3 is 2.75 bits per heavy atom. The number of carbonyl (C=O) groups excluding carboxylic acids is 1. The van der Waals surface area contributed by atoms with Crippen molar-refractivity contribution in [2.75, 3.05) is 19.7 Å². The van der Waals surface area contributed by atoms with E-state index in [2.05, 4.69) is 10.1 Å². The largest absolute Gasteiger partial charge is 0.494 e. The first-order valence-corrected chi connectivity index (χ1v) is 9.59. The summed E-state index contributed by atoms with van der Waals surface area (Å²) in [6.45, 7) is 3.75. The molecule has 0 N–H and O–H groups in total. The summed E-state index contributed by atoms with van der Waals surface area (Å²) in [4.78, 5) is 18.7. The van der Waals surface area contributed by atoms with Crippen LogP contribution < -0.4 is 4.74 Å². The molecule has 1 fully saturated rings. The first-order chi connectivity index (χ1) is 13.6. The van der Waals surface area contributed by atoms with E-state index in [1.54, 1.807) is 12.1 Å². The number of hydrogen-bond donors (Lipinski definition) is 0. The molecule has 28 heavy (non-hydrogen) atoms. The average molecular weight is 398 g/mol. The number of carbonyl (C=O) groups is 1. The summed E-state index contributed by atoms with van der Waals surface area (Å²) in [5.41, 5.74) is 1.78. The van der Waals surface area contributed by atoms with Crippen LogP contribution in [0.1, 0.15) is 24.3 Å². The molecule has 0 spiro atoms. The molecule has 4 rings (SSSR count). The molecule has 0 bridgehead atoms. The molecule has 0 saturated carbocycles. The zero-order valence-electron chi connectivity index (χ0n) is 15.5. The van der Waals surface area contributed by atoms with E-state index in [9.17, 15) is 4.79 Å². The normalized spacial score (nSPS) is 14.0. The number of ether oxygens (including phenoxy) is 1. The Morgan fingerprint density at radius 2 is 2.04 bits per heavy atom. The van der Waals surface area contributed by atoms with Gasteiger partial charge in [-0.3, -0.25) is 4.79 Å². The molecular formula is C21H20ClN3O3. The molecule has 1 saturated heterocycles. The van der Waals surface area contributed by atoms with E-state index in [-0.39, 0.29) is 11.8 Å². The van der Waals surface area contributed by atoms with Gasteiger partial charge in [0.15, 0.2) is 0 Å². The Kier molecular flexibility index (Phi) is 5.30. The van der Waals surface area contributed by atoms with Crippen LogP contribution in [0.5, 0.6) is 5.75 Å². The lowest BCUT2D eigenvalue weighted by Gasteiger charge is -2.37. The Balaban J connectivity index is 1.32. The Bertz CT molecular complexity index is 965. The fraction of sp³-hybridized carbons (Fsp3) is 0.286. The molecule has 0 atom stereocenters. The number of rotatable bonds is 6. The van der Waals surface area contributed by atoms with Crippen LogP contribution in [-0.2, 0) is 11.2 Å². The quantitative estimate of drug-likeness (QED) is 0.629. The van der Waals surface area contributed by atoms with Crippen molar-refractivity contribution >= 4 is 17.5 Å². The van der Waals surface area contributed by atoms with Crippen molar-refractivity contribution in [3.05, 3.63) is 65.0 Å². The number of aromatic nitrogens is 2. The van der Waals surface area contributed by atoms with Crippen molar-refractivity contribution in [2.24, 2.45) is 0 Å². The van der Waals surface area contributed by atoms with Gasteiger partial charge >= 0.3 is 0 Å². The van der Waals surface area contributed by atoms with Gasteiger partial charge in [0.25, 0.3) is 0 Å². The van der Waals surface area contributed by atoms with Gasteiger partial charge in [0.1, 0.15) is 5.75 Å². The Hall–Kier alpha value is -2.86. The van der Waals surface area contributed by atoms with Gasteiger partial charge in [-0.2, -0.15) is 4.98 Å². The van der Waals surface area contributed by atoms with Crippen molar-refractivity contribution in [2.45, 2.75) is 19.3 Å². The van der Waals surface area contributed by atoms with Crippen LogP contribution in [0.2, 0.25) is 5.02 Å². The molecule has 1 aliphatic rings. The van der Waals surface area contributed by atoms with Crippen LogP contribution in [0, 0.1) is 0 Å². The highest BCUT2D eigenvalue weighted by atomic mass is 35.5. The molecule has 3 aromatic rings. The smallest absolute Gasteiger partial charge is 0.233 e. The van der Waals surface area contributed by atoms with Crippen molar-refractivity contribution in [1.29, 1.82) is 0 Å². The number of nitrogens with zero attached hydrogens (tertiary/aromatic N) is 3. The zero-order valence-corrected chi connectivity index (χ0v) is 16.2. The molecule has 2 heterocycles. The Labute approximate surface area is 168 Å². The minimum atomic E-state index is 0.0738. The van der Waals surface area contributed by atoms with E-state index in [0.29, 0.717) is 42.9 Å². The first-order valence-electron chi connectivity index (χ1n) is 9.21. The van der Waals surface area contributed by atoms with Crippen molar-refractivity contribution in [1.82, 2.24) is 15.0 Å². The lowest BCUT2D eigenvalue weighted by atomic mass is 9.98. The summed E-state index contributed by atoms with van der Waals surface area (Å²) < 4.78 is 10.8. The summed E-state index contributed by atoms with van der Waals surface area (Å²) in [7, 11) is 0. The molecule has 7 heteroatoms. The number of benzene rings is 2. The minimum Gasteiger partial charge on any atom is -0.494 e. The van der Waals surface area contributed by atoms with Crippen molar-refractivity contribution in [3.8, 4) is 17.1 Å². The van der Waals surface area contributed by atoms with Gasteiger partial charge in [-0.15, -0.1) is 0 Å². The third-order valence-corrected chi connectivity index (χ3v) is 4.93. The van der Waals surface area contributed by atoms with Crippen LogP contribution in [0.15, 0.2) is 53.1 Å². The molecule has 0 aliphatic carbocycles. The second-order valence-corrected chi connectivity index (χ2v) is 7.15. The van der Waals surface area contributed by atoms with E-state index in [0.717, 1.165) is 16.9 Å². The standard InChI is InChI=1S/C21H20ClN3O3/c1-2-27-18-8-6-14(7-9-18)10-19(26)25-12-16(13-25)21-23-20(24-28-21)15-4-3-5-17(22)11-15/h3-9,11,16H,2,10,12-13H2,1H3. The van der Waals surface area contributed by atoms with Crippen LogP contribution >= 0.6 is 11.6 Å². The van der Waals surface area contributed by atoms with Gasteiger partial charge in [-0.25, -0.2) is 0 Å². The van der Waals surface area contributed by atoms with E-state index in [1.165, 1.54) is 0 Å². The molecule has 6 nitrogen and oxygen atoms in total. The highest BCUT2D eigenvalue weighted by Crippen LogP contribution is 2.29. The molecule has 0 unspecified atom stereocenters. The van der Waals surface area contributed by atoms with Crippen LogP contribution in [0.4, 0.5) is 0 Å². The first kappa shape index (κ1) is 18.5. The van der Waals surface area contributed by atoms with Gasteiger partial charge in [0.05, 0.1) is 18.9 Å². The molecule has 2 aromatic carbocycles. The van der Waals surface area contributed by atoms with Crippen LogP contribution in [0.25, 0.3) is 11.4 Å². The van der Waals surface area contributed by atoms with Gasteiger partial charge in [0, 0.05) is 23.7 Å². The Morgan fingerprint density at radius 1 is 1.25 bits per heavy atom. The van der Waals surface area contributed by atoms with Gasteiger partial charge in [-0.1, -0.05) is 41.0 Å². The fourth-order valence-corrected chi connectivity index (χ4v) is 3.33. The summed E-state index contributed by atoms with van der Waals surface area (Å²) in [6, 6.07) is 15.0. The lowest BCUT2D eigenvalue weighted by molar-refractivity contribution is -0.135. The monoisotopic (exact) mass is 397 g/mol. The maximum Gasteiger partial charge on any atom is 0.233 e. The predicted octanol–water partition coefficient (Wildman–Crippen LogP) is 3.96. The lowest BCUT2D eigenvalue weighted by Crippen LogP contribution is -2.49. The van der Waals surface area contributed by atoms with E-state index in [1.807, 2.05) is 48.2 Å². The number of likely N-dealkylation sites (tertiary alicyclic amines) is 1. The van der Waals surface area contributed by atoms with Crippen molar-refractivity contribution in [3.63, 3.8) is 0 Å². The maximum atomic E-state index is 12.5. The topological polar surface area (TPSA) is 68.5 Å². The molecule has 1 aromatic heterocycles. The highest BCUT2D eigenvalue weighted by Gasteiger charge is 2.35. The predicted molar refractivity (Wildman–Crippen MR) is 105 cm³/mol. The number of hydrogen-bond acceptors (Lipinski definition) is 5. The van der Waals surface area contributed by atoms with Crippen LogP contribution in [-0.4, -0.2) is 40.6 Å². The van der Waals surface area contributed by atoms with Gasteiger partial charge in [-0.05, 0) is 36.8 Å². The minimum absolute atomic E-state index is 0.0738. The zero-order chi connectivity index (χ0) is 19.5. The average Bonchev–Trinajstić information content (AvgIpc) is 3.12.